The number of hydrogen-bond donors (Lipinski definition) is 0. The number of rotatable bonds is 1. The maximum absolute atomic E-state index is 11.7. The van der Waals surface area contributed by atoms with E-state index in [2.05, 4.69) is 6.92 Å². The molecule has 0 aromatic carbocycles. The second-order valence-corrected chi connectivity index (χ2v) is 5.27. The molecule has 1 atom stereocenters. The third-order valence-corrected chi connectivity index (χ3v) is 3.52. The Labute approximate surface area is 85.1 Å². The molecule has 76 valence electrons. The van der Waals surface area contributed by atoms with E-state index in [1.165, 1.54) is 5.75 Å². The summed E-state index contributed by atoms with van der Waals surface area (Å²) in [5, 5.41) is 0. The number of hydrogen-bond acceptors (Lipinski definition) is 2. The average Bonchev–Trinajstić information content (AvgIpc) is 2.28. The van der Waals surface area contributed by atoms with E-state index in [-0.39, 0.29) is 5.92 Å². The van der Waals surface area contributed by atoms with Crippen molar-refractivity contribution in [3.8, 4) is 0 Å². The largest absolute Gasteiger partial charge is 0.341 e. The van der Waals surface area contributed by atoms with Crippen molar-refractivity contribution in [2.75, 3.05) is 24.6 Å². The van der Waals surface area contributed by atoms with Crippen LogP contribution in [0.15, 0.2) is 0 Å². The highest BCUT2D eigenvalue weighted by Crippen LogP contribution is 2.16. The van der Waals surface area contributed by atoms with Gasteiger partial charge in [-0.15, -0.1) is 0 Å². The quantitative estimate of drug-likeness (QED) is 0.645. The molecule has 2 nitrogen and oxygen atoms in total. The smallest absolute Gasteiger partial charge is 0.225 e. The molecular formula is C10H19NOS. The predicted octanol–water partition coefficient (Wildman–Crippen LogP) is 1.85. The number of carbonyl (C=O) groups excluding carboxylic acids is 1. The highest BCUT2D eigenvalue weighted by atomic mass is 32.2. The molecule has 0 spiro atoms. The Bertz CT molecular complexity index is 182. The van der Waals surface area contributed by atoms with Crippen LogP contribution in [0.5, 0.6) is 0 Å². The lowest BCUT2D eigenvalue weighted by Gasteiger charge is -2.24. The van der Waals surface area contributed by atoms with Crippen LogP contribution in [0.25, 0.3) is 0 Å². The molecule has 0 aliphatic carbocycles. The fourth-order valence-corrected chi connectivity index (χ4v) is 2.57. The van der Waals surface area contributed by atoms with Gasteiger partial charge in [-0.1, -0.05) is 20.8 Å². The van der Waals surface area contributed by atoms with Crippen LogP contribution >= 0.6 is 11.8 Å². The summed E-state index contributed by atoms with van der Waals surface area (Å²) in [5.41, 5.74) is 0. The fraction of sp³-hybridized carbons (Fsp3) is 0.900. The van der Waals surface area contributed by atoms with E-state index in [0.29, 0.717) is 11.8 Å². The number of carbonyl (C=O) groups is 1. The third-order valence-electron chi connectivity index (χ3n) is 2.25. The standard InChI is InChI=1S/C10H19NOS/c1-8(2)10(12)11-4-5-13-7-9(3)6-11/h8-9H,4-7H2,1-3H3. The number of amides is 1. The van der Waals surface area contributed by atoms with Gasteiger partial charge in [-0.05, 0) is 11.7 Å². The maximum Gasteiger partial charge on any atom is 0.225 e. The van der Waals surface area contributed by atoms with E-state index in [1.54, 1.807) is 0 Å². The second-order valence-electron chi connectivity index (χ2n) is 4.12. The van der Waals surface area contributed by atoms with Gasteiger partial charge in [0.2, 0.25) is 5.91 Å². The Morgan fingerprint density at radius 3 is 2.85 bits per heavy atom. The van der Waals surface area contributed by atoms with E-state index in [9.17, 15) is 4.79 Å². The molecule has 1 rings (SSSR count). The second kappa shape index (κ2) is 4.89. The van der Waals surface area contributed by atoms with Crippen molar-refractivity contribution in [1.29, 1.82) is 0 Å². The Balaban J connectivity index is 2.52. The topological polar surface area (TPSA) is 20.3 Å². The molecule has 1 saturated heterocycles. The molecule has 0 aromatic rings. The minimum absolute atomic E-state index is 0.148. The van der Waals surface area contributed by atoms with Crippen LogP contribution in [-0.4, -0.2) is 35.4 Å². The van der Waals surface area contributed by atoms with Crippen LogP contribution in [0.2, 0.25) is 0 Å². The van der Waals surface area contributed by atoms with Crippen LogP contribution in [0.4, 0.5) is 0 Å². The van der Waals surface area contributed by atoms with Crippen molar-refractivity contribution in [3.05, 3.63) is 0 Å². The molecule has 1 aliphatic heterocycles. The van der Waals surface area contributed by atoms with Gasteiger partial charge in [-0.2, -0.15) is 11.8 Å². The Kier molecular flexibility index (Phi) is 4.10. The molecule has 0 bridgehead atoms. The molecule has 0 aromatic heterocycles. The van der Waals surface area contributed by atoms with E-state index in [1.807, 2.05) is 30.5 Å². The highest BCUT2D eigenvalue weighted by molar-refractivity contribution is 7.99. The zero-order valence-corrected chi connectivity index (χ0v) is 9.56. The first-order chi connectivity index (χ1) is 6.11. The van der Waals surface area contributed by atoms with Crippen LogP contribution in [-0.2, 0) is 4.79 Å². The molecule has 13 heavy (non-hydrogen) atoms. The zero-order valence-electron chi connectivity index (χ0n) is 8.75. The summed E-state index contributed by atoms with van der Waals surface area (Å²) in [4.78, 5) is 13.7. The third kappa shape index (κ3) is 3.22. The zero-order chi connectivity index (χ0) is 9.84. The van der Waals surface area contributed by atoms with Crippen LogP contribution in [0.1, 0.15) is 20.8 Å². The first kappa shape index (κ1) is 10.9. The van der Waals surface area contributed by atoms with Crippen LogP contribution in [0, 0.1) is 11.8 Å². The molecule has 0 radical (unpaired) electrons. The van der Waals surface area contributed by atoms with Gasteiger partial charge < -0.3 is 4.90 Å². The van der Waals surface area contributed by atoms with Gasteiger partial charge in [-0.25, -0.2) is 0 Å². The van der Waals surface area contributed by atoms with Gasteiger partial charge in [0.1, 0.15) is 0 Å². The van der Waals surface area contributed by atoms with Gasteiger partial charge in [0.25, 0.3) is 0 Å². The summed E-state index contributed by atoms with van der Waals surface area (Å²) in [6.07, 6.45) is 0. The minimum atomic E-state index is 0.148. The SMILES string of the molecule is CC1CSCCN(C(=O)C(C)C)C1. The lowest BCUT2D eigenvalue weighted by atomic mass is 10.1. The van der Waals surface area contributed by atoms with Crippen LogP contribution < -0.4 is 0 Å². The summed E-state index contributed by atoms with van der Waals surface area (Å²) < 4.78 is 0. The van der Waals surface area contributed by atoms with Gasteiger partial charge in [-0.3, -0.25) is 4.79 Å². The van der Waals surface area contributed by atoms with Gasteiger partial charge in [0.05, 0.1) is 0 Å². The molecule has 1 aliphatic rings. The van der Waals surface area contributed by atoms with Gasteiger partial charge >= 0.3 is 0 Å². The van der Waals surface area contributed by atoms with Crippen LogP contribution in [0.3, 0.4) is 0 Å². The first-order valence-electron chi connectivity index (χ1n) is 4.97. The molecule has 0 N–H and O–H groups in total. The number of nitrogens with zero attached hydrogens (tertiary/aromatic N) is 1. The van der Waals surface area contributed by atoms with Crippen molar-refractivity contribution < 1.29 is 4.79 Å². The number of thioether (sulfide) groups is 1. The van der Waals surface area contributed by atoms with Crippen molar-refractivity contribution in [2.45, 2.75) is 20.8 Å². The molecular weight excluding hydrogens is 182 g/mol. The van der Waals surface area contributed by atoms with Crippen molar-refractivity contribution >= 4 is 17.7 Å². The minimum Gasteiger partial charge on any atom is -0.341 e. The van der Waals surface area contributed by atoms with E-state index < -0.39 is 0 Å². The summed E-state index contributed by atoms with van der Waals surface area (Å²) in [6, 6.07) is 0. The van der Waals surface area contributed by atoms with Crippen molar-refractivity contribution in [3.63, 3.8) is 0 Å². The molecule has 3 heteroatoms. The Morgan fingerprint density at radius 2 is 2.23 bits per heavy atom. The summed E-state index contributed by atoms with van der Waals surface area (Å²) in [6.45, 7) is 8.06. The first-order valence-corrected chi connectivity index (χ1v) is 6.13. The van der Waals surface area contributed by atoms with Gasteiger partial charge in [0, 0.05) is 24.8 Å². The fourth-order valence-electron chi connectivity index (χ4n) is 1.54. The molecule has 0 saturated carbocycles. The summed E-state index contributed by atoms with van der Waals surface area (Å²) >= 11 is 1.96. The highest BCUT2D eigenvalue weighted by Gasteiger charge is 2.21. The lowest BCUT2D eigenvalue weighted by Crippen LogP contribution is -2.37. The molecule has 1 fully saturated rings. The van der Waals surface area contributed by atoms with E-state index in [4.69, 9.17) is 0 Å². The summed E-state index contributed by atoms with van der Waals surface area (Å²) in [7, 11) is 0. The van der Waals surface area contributed by atoms with Gasteiger partial charge in [0.15, 0.2) is 0 Å². The Hall–Kier alpha value is -0.180. The van der Waals surface area contributed by atoms with E-state index >= 15 is 0 Å². The van der Waals surface area contributed by atoms with Crippen molar-refractivity contribution in [1.82, 2.24) is 4.90 Å². The Morgan fingerprint density at radius 1 is 1.54 bits per heavy atom. The normalized spacial score (nSPS) is 24.6. The van der Waals surface area contributed by atoms with E-state index in [0.717, 1.165) is 18.8 Å². The lowest BCUT2D eigenvalue weighted by molar-refractivity contribution is -0.134. The monoisotopic (exact) mass is 201 g/mol. The predicted molar refractivity (Wildman–Crippen MR) is 57.9 cm³/mol. The molecule has 1 amide bonds. The average molecular weight is 201 g/mol. The maximum atomic E-state index is 11.7. The molecule has 1 unspecified atom stereocenters. The molecule has 1 heterocycles. The van der Waals surface area contributed by atoms with Crippen molar-refractivity contribution in [2.24, 2.45) is 11.8 Å². The summed E-state index contributed by atoms with van der Waals surface area (Å²) in [5.74, 6) is 3.41.